The van der Waals surface area contributed by atoms with E-state index in [1.54, 1.807) is 6.92 Å². The van der Waals surface area contributed by atoms with E-state index in [1.165, 1.54) is 37.3 Å². The number of nitrogens with zero attached hydrogens (tertiary/aromatic N) is 1. The molecule has 0 saturated carbocycles. The van der Waals surface area contributed by atoms with Gasteiger partial charge in [0, 0.05) is 31.4 Å². The quantitative estimate of drug-likeness (QED) is 0.137. The zero-order valence-electron chi connectivity index (χ0n) is 18.1. The maximum Gasteiger partial charge on any atom is 0.379 e. The van der Waals surface area contributed by atoms with Crippen LogP contribution in [0.1, 0.15) is 43.0 Å². The summed E-state index contributed by atoms with van der Waals surface area (Å²) in [6, 6.07) is 2.92. The fourth-order valence-electron chi connectivity index (χ4n) is 2.38. The minimum absolute atomic E-state index is 0.0197. The predicted octanol–water partition coefficient (Wildman–Crippen LogP) is 2.21. The standard InChI is InChI=1S/C22H27N3O7/c1-4-16(6-5-14(2)21(23)24)32-22(30)18-9-7-17(31-18)8-10-19(27)25(13-20(28)29)12-11-15(3)26/h4-7,9H,2,8,10-13H2,1,3H3,(H3,23,24)(H,28,29)/b6-5-,16-4+. The zero-order chi connectivity index (χ0) is 24.3. The molecule has 0 aliphatic heterocycles. The molecule has 0 aliphatic carbocycles. The highest BCUT2D eigenvalue weighted by Gasteiger charge is 2.19. The lowest BCUT2D eigenvalue weighted by atomic mass is 10.2. The van der Waals surface area contributed by atoms with Gasteiger partial charge in [0.25, 0.3) is 0 Å². The van der Waals surface area contributed by atoms with Crippen LogP contribution in [-0.4, -0.2) is 52.6 Å². The maximum atomic E-state index is 12.3. The number of amidine groups is 1. The Balaban J connectivity index is 2.70. The molecule has 0 fully saturated rings. The molecule has 4 N–H and O–H groups in total. The number of aliphatic carboxylic acids is 1. The molecule has 0 spiro atoms. The van der Waals surface area contributed by atoms with Crippen molar-refractivity contribution in [1.82, 2.24) is 4.90 Å². The Morgan fingerprint density at radius 1 is 1.25 bits per heavy atom. The zero-order valence-corrected chi connectivity index (χ0v) is 18.1. The number of aryl methyl sites for hydroxylation is 1. The minimum atomic E-state index is -1.18. The number of hydrogen-bond acceptors (Lipinski definition) is 7. The van der Waals surface area contributed by atoms with Crippen molar-refractivity contribution in [3.8, 4) is 0 Å². The van der Waals surface area contributed by atoms with Gasteiger partial charge in [-0.3, -0.25) is 19.8 Å². The van der Waals surface area contributed by atoms with E-state index in [9.17, 15) is 19.2 Å². The Morgan fingerprint density at radius 2 is 1.94 bits per heavy atom. The summed E-state index contributed by atoms with van der Waals surface area (Å²) in [5, 5.41) is 16.2. The van der Waals surface area contributed by atoms with Crippen LogP contribution in [0.25, 0.3) is 0 Å². The van der Waals surface area contributed by atoms with Gasteiger partial charge in [-0.2, -0.15) is 0 Å². The summed E-state index contributed by atoms with van der Waals surface area (Å²) in [5.74, 6) is -2.28. The molecule has 10 nitrogen and oxygen atoms in total. The summed E-state index contributed by atoms with van der Waals surface area (Å²) < 4.78 is 10.6. The predicted molar refractivity (Wildman–Crippen MR) is 116 cm³/mol. The second-order valence-electron chi connectivity index (χ2n) is 6.78. The minimum Gasteiger partial charge on any atom is -0.480 e. The van der Waals surface area contributed by atoms with Crippen LogP contribution in [0.3, 0.4) is 0 Å². The van der Waals surface area contributed by atoms with Gasteiger partial charge >= 0.3 is 11.9 Å². The molecule has 0 bridgehead atoms. The van der Waals surface area contributed by atoms with Crippen LogP contribution >= 0.6 is 0 Å². The van der Waals surface area contributed by atoms with Gasteiger partial charge in [0.2, 0.25) is 11.7 Å². The molecule has 0 atom stereocenters. The van der Waals surface area contributed by atoms with Crippen LogP contribution in [0.15, 0.2) is 52.7 Å². The molecule has 32 heavy (non-hydrogen) atoms. The number of carbonyl (C=O) groups excluding carboxylic acids is 3. The van der Waals surface area contributed by atoms with Gasteiger partial charge in [0.05, 0.1) is 0 Å². The molecular formula is C22H27N3O7. The lowest BCUT2D eigenvalue weighted by Crippen LogP contribution is -2.37. The van der Waals surface area contributed by atoms with Crippen molar-refractivity contribution < 1.29 is 33.4 Å². The Morgan fingerprint density at radius 3 is 2.50 bits per heavy atom. The number of furan rings is 1. The summed E-state index contributed by atoms with van der Waals surface area (Å²) in [5.41, 5.74) is 5.56. The second-order valence-corrected chi connectivity index (χ2v) is 6.78. The highest BCUT2D eigenvalue weighted by molar-refractivity contribution is 5.96. The topological polar surface area (TPSA) is 164 Å². The van der Waals surface area contributed by atoms with E-state index in [0.717, 1.165) is 4.90 Å². The van der Waals surface area contributed by atoms with Gasteiger partial charge < -0.3 is 24.9 Å². The highest BCUT2D eigenvalue weighted by Crippen LogP contribution is 2.15. The molecule has 172 valence electrons. The van der Waals surface area contributed by atoms with Gasteiger partial charge in [-0.1, -0.05) is 6.58 Å². The van der Waals surface area contributed by atoms with Crippen LogP contribution in [0.4, 0.5) is 0 Å². The van der Waals surface area contributed by atoms with Gasteiger partial charge in [0.1, 0.15) is 29.7 Å². The third kappa shape index (κ3) is 9.24. The number of Topliss-reactive ketones (excluding diaryl/α,β-unsaturated/α-hetero) is 1. The van der Waals surface area contributed by atoms with Gasteiger partial charge in [-0.15, -0.1) is 0 Å². The molecule has 0 saturated heterocycles. The number of allylic oxidation sites excluding steroid dienone is 2. The molecule has 1 rings (SSSR count). The fourth-order valence-corrected chi connectivity index (χ4v) is 2.38. The Labute approximate surface area is 185 Å². The van der Waals surface area contributed by atoms with Crippen molar-refractivity contribution in [2.45, 2.75) is 33.1 Å². The third-order valence-corrected chi connectivity index (χ3v) is 4.15. The molecule has 1 aromatic heterocycles. The van der Waals surface area contributed by atoms with Gasteiger partial charge in [-0.25, -0.2) is 4.79 Å². The number of ether oxygens (including phenoxy) is 1. The summed E-state index contributed by atoms with van der Waals surface area (Å²) in [6.45, 7) is 6.11. The van der Waals surface area contributed by atoms with Crippen molar-refractivity contribution >= 4 is 29.5 Å². The van der Waals surface area contributed by atoms with Crippen LogP contribution in [0, 0.1) is 5.41 Å². The smallest absolute Gasteiger partial charge is 0.379 e. The van der Waals surface area contributed by atoms with E-state index < -0.39 is 24.4 Å². The number of carboxylic acids is 1. The first kappa shape index (κ1) is 26.1. The third-order valence-electron chi connectivity index (χ3n) is 4.15. The molecule has 1 amide bonds. The summed E-state index contributed by atoms with van der Waals surface area (Å²) in [6.07, 6.45) is 4.54. The van der Waals surface area contributed by atoms with E-state index in [4.69, 9.17) is 25.4 Å². The summed E-state index contributed by atoms with van der Waals surface area (Å²) in [4.78, 5) is 47.8. The average molecular weight is 445 g/mol. The van der Waals surface area contributed by atoms with Crippen molar-refractivity contribution in [2.24, 2.45) is 5.73 Å². The van der Waals surface area contributed by atoms with Crippen LogP contribution in [0.2, 0.25) is 0 Å². The first-order chi connectivity index (χ1) is 15.0. The van der Waals surface area contributed by atoms with Gasteiger partial charge in [0.15, 0.2) is 0 Å². The second kappa shape index (κ2) is 12.7. The van der Waals surface area contributed by atoms with Gasteiger partial charge in [-0.05, 0) is 44.2 Å². The molecule has 0 aliphatic rings. The highest BCUT2D eigenvalue weighted by atomic mass is 16.5. The normalized spacial score (nSPS) is 11.2. The largest absolute Gasteiger partial charge is 0.480 e. The Bertz CT molecular complexity index is 956. The molecule has 0 aromatic carbocycles. The van der Waals surface area contributed by atoms with Crippen LogP contribution in [-0.2, 0) is 25.5 Å². The van der Waals surface area contributed by atoms with E-state index in [2.05, 4.69) is 6.58 Å². The van der Waals surface area contributed by atoms with Crippen molar-refractivity contribution in [3.63, 3.8) is 0 Å². The number of nitrogens with two attached hydrogens (primary N) is 1. The average Bonchev–Trinajstić information content (AvgIpc) is 3.20. The number of esters is 1. The number of rotatable bonds is 13. The molecule has 0 radical (unpaired) electrons. The molecule has 10 heteroatoms. The van der Waals surface area contributed by atoms with Crippen LogP contribution in [0.5, 0.6) is 0 Å². The van der Waals surface area contributed by atoms with Crippen LogP contribution < -0.4 is 5.73 Å². The summed E-state index contributed by atoms with van der Waals surface area (Å²) >= 11 is 0. The molecule has 0 unspecified atom stereocenters. The molecule has 1 aromatic rings. The molecular weight excluding hydrogens is 418 g/mol. The SMILES string of the molecule is C=C(/C=C\C(=C/C)OC(=O)c1ccc(CCC(=O)N(CCC(C)=O)CC(=O)O)o1)C(=N)N. The number of amides is 1. The lowest BCUT2D eigenvalue weighted by molar-refractivity contribution is -0.144. The number of carboxylic acid groups (broad SMARTS) is 1. The Kier molecular flexibility index (Phi) is 10.3. The monoisotopic (exact) mass is 445 g/mol. The van der Waals surface area contributed by atoms with Crippen molar-refractivity contribution in [2.75, 3.05) is 13.1 Å². The molecule has 1 heterocycles. The first-order valence-corrected chi connectivity index (χ1v) is 9.71. The first-order valence-electron chi connectivity index (χ1n) is 9.71. The lowest BCUT2D eigenvalue weighted by Gasteiger charge is -2.19. The van der Waals surface area contributed by atoms with Crippen molar-refractivity contribution in [3.05, 3.63) is 59.8 Å². The number of carbonyl (C=O) groups is 4. The number of nitrogens with one attached hydrogen (secondary N) is 1. The number of hydrogen-bond donors (Lipinski definition) is 3. The maximum absolute atomic E-state index is 12.3. The Hall–Kier alpha value is -3.95. The van der Waals surface area contributed by atoms with Crippen molar-refractivity contribution in [1.29, 1.82) is 5.41 Å². The van der Waals surface area contributed by atoms with E-state index in [-0.39, 0.29) is 54.5 Å². The van der Waals surface area contributed by atoms with E-state index >= 15 is 0 Å². The number of ketones is 1. The fraction of sp³-hybridized carbons (Fsp3) is 0.318. The van der Waals surface area contributed by atoms with E-state index in [0.29, 0.717) is 5.76 Å². The van der Waals surface area contributed by atoms with E-state index in [1.807, 2.05) is 0 Å². The summed E-state index contributed by atoms with van der Waals surface area (Å²) in [7, 11) is 0.